The average Bonchev–Trinajstić information content (AvgIpc) is 2.89. The van der Waals surface area contributed by atoms with Gasteiger partial charge in [-0.05, 0) is 56.4 Å². The fraction of sp³-hybridized carbons (Fsp3) is 0.500. The van der Waals surface area contributed by atoms with Crippen molar-refractivity contribution in [1.29, 1.82) is 0 Å². The number of aryl methyl sites for hydroxylation is 1. The van der Waals surface area contributed by atoms with Crippen LogP contribution in [0, 0.1) is 0 Å². The third-order valence-corrected chi connectivity index (χ3v) is 4.64. The fourth-order valence-corrected chi connectivity index (χ4v) is 3.27. The van der Waals surface area contributed by atoms with Crippen molar-refractivity contribution < 1.29 is 14.7 Å². The Morgan fingerprint density at radius 2 is 2.14 bits per heavy atom. The number of nitrogens with zero attached hydrogens (tertiary/aromatic N) is 1. The Hall–Kier alpha value is -2.04. The van der Waals surface area contributed by atoms with Crippen LogP contribution in [0.25, 0.3) is 0 Å². The lowest BCUT2D eigenvalue weighted by atomic mass is 9.97. The Balaban J connectivity index is 1.90. The molecule has 1 fully saturated rings. The average molecular weight is 288 g/mol. The van der Waals surface area contributed by atoms with Crippen LogP contribution in [0.2, 0.25) is 0 Å². The van der Waals surface area contributed by atoms with Crippen LogP contribution in [0.1, 0.15) is 42.1 Å². The van der Waals surface area contributed by atoms with E-state index in [1.54, 1.807) is 13.0 Å². The molecule has 5 nitrogen and oxygen atoms in total. The first-order valence-electron chi connectivity index (χ1n) is 7.44. The first kappa shape index (κ1) is 13.9. The summed E-state index contributed by atoms with van der Waals surface area (Å²) in [5.74, 6) is -1.10. The molecule has 1 atom stereocenters. The van der Waals surface area contributed by atoms with E-state index in [0.29, 0.717) is 18.5 Å². The number of hydrogen-bond acceptors (Lipinski definition) is 3. The van der Waals surface area contributed by atoms with Crippen molar-refractivity contribution in [3.8, 4) is 0 Å². The minimum atomic E-state index is -1.08. The van der Waals surface area contributed by atoms with Gasteiger partial charge in [0.05, 0.1) is 0 Å². The highest BCUT2D eigenvalue weighted by molar-refractivity contribution is 5.98. The highest BCUT2D eigenvalue weighted by atomic mass is 16.4. The second-order valence-electron chi connectivity index (χ2n) is 6.04. The van der Waals surface area contributed by atoms with Crippen molar-refractivity contribution in [2.24, 2.45) is 0 Å². The number of aliphatic carboxylic acids is 1. The predicted molar refractivity (Wildman–Crippen MR) is 79.6 cm³/mol. The molecule has 1 aromatic rings. The summed E-state index contributed by atoms with van der Waals surface area (Å²) in [4.78, 5) is 25.7. The third kappa shape index (κ3) is 2.26. The zero-order chi connectivity index (χ0) is 15.0. The van der Waals surface area contributed by atoms with E-state index < -0.39 is 11.5 Å². The van der Waals surface area contributed by atoms with Gasteiger partial charge in [-0.1, -0.05) is 0 Å². The minimum Gasteiger partial charge on any atom is -0.480 e. The molecule has 0 aliphatic carbocycles. The number of fused-ring (bicyclic) bond motifs is 1. The van der Waals surface area contributed by atoms with Gasteiger partial charge in [0.15, 0.2) is 0 Å². The molecule has 0 bridgehead atoms. The molecule has 3 rings (SSSR count). The van der Waals surface area contributed by atoms with Crippen LogP contribution in [0.4, 0.5) is 5.69 Å². The Labute approximate surface area is 123 Å². The monoisotopic (exact) mass is 288 g/mol. The quantitative estimate of drug-likeness (QED) is 0.874. The van der Waals surface area contributed by atoms with Crippen molar-refractivity contribution >= 4 is 17.6 Å². The van der Waals surface area contributed by atoms with Gasteiger partial charge in [0.2, 0.25) is 0 Å². The fourth-order valence-electron chi connectivity index (χ4n) is 3.27. The molecule has 0 aromatic heterocycles. The van der Waals surface area contributed by atoms with Gasteiger partial charge in [-0.15, -0.1) is 0 Å². The molecule has 5 heteroatoms. The standard InChI is InChI=1S/C16H20N2O3/c1-16(15(20)21)7-3-9-18(16)14(19)12-5-6-13-11(10-12)4-2-8-17-13/h5-6,10,17H,2-4,7-9H2,1H3,(H,20,21). The summed E-state index contributed by atoms with van der Waals surface area (Å²) in [5.41, 5.74) is 1.74. The van der Waals surface area contributed by atoms with Crippen LogP contribution < -0.4 is 5.32 Å². The van der Waals surface area contributed by atoms with E-state index in [4.69, 9.17) is 0 Å². The van der Waals surface area contributed by atoms with E-state index in [2.05, 4.69) is 5.32 Å². The summed E-state index contributed by atoms with van der Waals surface area (Å²) in [6, 6.07) is 5.63. The normalized spacial score (nSPS) is 24.3. The summed E-state index contributed by atoms with van der Waals surface area (Å²) >= 11 is 0. The Kier molecular flexibility index (Phi) is 3.35. The van der Waals surface area contributed by atoms with Gasteiger partial charge in [0.25, 0.3) is 5.91 Å². The van der Waals surface area contributed by atoms with Crippen LogP contribution >= 0.6 is 0 Å². The van der Waals surface area contributed by atoms with E-state index in [0.717, 1.165) is 37.1 Å². The third-order valence-electron chi connectivity index (χ3n) is 4.64. The molecule has 2 heterocycles. The van der Waals surface area contributed by atoms with Crippen LogP contribution in [0.15, 0.2) is 18.2 Å². The van der Waals surface area contributed by atoms with E-state index in [1.807, 2.05) is 12.1 Å². The molecule has 2 N–H and O–H groups in total. The molecule has 1 unspecified atom stereocenters. The maximum Gasteiger partial charge on any atom is 0.329 e. The zero-order valence-electron chi connectivity index (χ0n) is 12.2. The van der Waals surface area contributed by atoms with Crippen LogP contribution in [-0.2, 0) is 11.2 Å². The Bertz CT molecular complexity index is 599. The summed E-state index contributed by atoms with van der Waals surface area (Å²) in [6.45, 7) is 3.11. The van der Waals surface area contributed by atoms with Gasteiger partial charge in [-0.2, -0.15) is 0 Å². The van der Waals surface area contributed by atoms with Crippen LogP contribution in [0.5, 0.6) is 0 Å². The van der Waals surface area contributed by atoms with E-state index in [1.165, 1.54) is 4.90 Å². The largest absolute Gasteiger partial charge is 0.480 e. The van der Waals surface area contributed by atoms with Crippen molar-refractivity contribution in [1.82, 2.24) is 4.90 Å². The van der Waals surface area contributed by atoms with Crippen molar-refractivity contribution in [3.63, 3.8) is 0 Å². The second kappa shape index (κ2) is 5.06. The number of benzene rings is 1. The number of carboxylic acid groups (broad SMARTS) is 1. The lowest BCUT2D eigenvalue weighted by Crippen LogP contribution is -2.50. The number of likely N-dealkylation sites (tertiary alicyclic amines) is 1. The maximum atomic E-state index is 12.7. The molecule has 1 saturated heterocycles. The lowest BCUT2D eigenvalue weighted by Gasteiger charge is -2.31. The van der Waals surface area contributed by atoms with Gasteiger partial charge >= 0.3 is 5.97 Å². The molecule has 0 radical (unpaired) electrons. The molecule has 1 amide bonds. The van der Waals surface area contributed by atoms with Crippen LogP contribution in [0.3, 0.4) is 0 Å². The number of nitrogens with one attached hydrogen (secondary N) is 1. The van der Waals surface area contributed by atoms with Crippen molar-refractivity contribution in [3.05, 3.63) is 29.3 Å². The second-order valence-corrected chi connectivity index (χ2v) is 6.04. The first-order valence-corrected chi connectivity index (χ1v) is 7.44. The number of hydrogen-bond donors (Lipinski definition) is 2. The van der Waals surface area contributed by atoms with Gasteiger partial charge in [0.1, 0.15) is 5.54 Å². The molecule has 2 aliphatic heterocycles. The van der Waals surface area contributed by atoms with Crippen LogP contribution in [-0.4, -0.2) is 40.5 Å². The minimum absolute atomic E-state index is 0.175. The number of anilines is 1. The molecule has 2 aliphatic rings. The lowest BCUT2D eigenvalue weighted by molar-refractivity contribution is -0.147. The zero-order valence-corrected chi connectivity index (χ0v) is 12.2. The number of rotatable bonds is 2. The number of carboxylic acids is 1. The van der Waals surface area contributed by atoms with Gasteiger partial charge in [0, 0.05) is 24.3 Å². The highest BCUT2D eigenvalue weighted by Crippen LogP contribution is 2.32. The SMILES string of the molecule is CC1(C(=O)O)CCCN1C(=O)c1ccc2c(c1)CCCN2. The highest BCUT2D eigenvalue weighted by Gasteiger charge is 2.46. The van der Waals surface area contributed by atoms with Crippen molar-refractivity contribution in [2.45, 2.75) is 38.1 Å². The first-order chi connectivity index (χ1) is 10.0. The molecule has 0 saturated carbocycles. The maximum absolute atomic E-state index is 12.7. The van der Waals surface area contributed by atoms with E-state index in [9.17, 15) is 14.7 Å². The van der Waals surface area contributed by atoms with Gasteiger partial charge < -0.3 is 15.3 Å². The number of amides is 1. The van der Waals surface area contributed by atoms with Gasteiger partial charge in [-0.3, -0.25) is 4.79 Å². The molecular weight excluding hydrogens is 268 g/mol. The van der Waals surface area contributed by atoms with Crippen molar-refractivity contribution in [2.75, 3.05) is 18.4 Å². The topological polar surface area (TPSA) is 69.6 Å². The molecular formula is C16H20N2O3. The predicted octanol–water partition coefficient (Wildman–Crippen LogP) is 2.12. The Morgan fingerprint density at radius 3 is 2.90 bits per heavy atom. The van der Waals surface area contributed by atoms with E-state index in [-0.39, 0.29) is 5.91 Å². The molecule has 0 spiro atoms. The van der Waals surface area contributed by atoms with Gasteiger partial charge in [-0.25, -0.2) is 4.79 Å². The Morgan fingerprint density at radius 1 is 1.33 bits per heavy atom. The number of carbonyl (C=O) groups excluding carboxylic acids is 1. The summed E-state index contributed by atoms with van der Waals surface area (Å²) in [6.07, 6.45) is 3.27. The summed E-state index contributed by atoms with van der Waals surface area (Å²) < 4.78 is 0. The molecule has 1 aromatic carbocycles. The number of carbonyl (C=O) groups is 2. The summed E-state index contributed by atoms with van der Waals surface area (Å²) in [7, 11) is 0. The molecule has 112 valence electrons. The van der Waals surface area contributed by atoms with E-state index >= 15 is 0 Å². The molecule has 21 heavy (non-hydrogen) atoms. The smallest absolute Gasteiger partial charge is 0.329 e. The summed E-state index contributed by atoms with van der Waals surface area (Å²) in [5, 5.41) is 12.7.